The molecule has 0 bridgehead atoms. The molecule has 0 saturated carbocycles. The third kappa shape index (κ3) is 5.79. The van der Waals surface area contributed by atoms with E-state index in [-0.39, 0.29) is 30.7 Å². The Bertz CT molecular complexity index is 892. The summed E-state index contributed by atoms with van der Waals surface area (Å²) in [5.74, 6) is -0.579. The van der Waals surface area contributed by atoms with Crippen LogP contribution in [-0.4, -0.2) is 60.4 Å². The standard InChI is InChI=1S/C22H25FN4O3/c1-16-2-6-18(7-3-16)21(29)27-12-10-26(11-13-27)20(28)15-25-22(30)24-14-17-4-8-19(23)9-5-17/h2-9H,10-15H2,1H3,(H2,24,25,30). The van der Waals surface area contributed by atoms with E-state index in [9.17, 15) is 18.8 Å². The lowest BCUT2D eigenvalue weighted by molar-refractivity contribution is -0.131. The quantitative estimate of drug-likeness (QED) is 0.787. The van der Waals surface area contributed by atoms with Crippen molar-refractivity contribution in [1.29, 1.82) is 0 Å². The Kier molecular flexibility index (Phi) is 7.00. The van der Waals surface area contributed by atoms with Gasteiger partial charge in [-0.15, -0.1) is 0 Å². The van der Waals surface area contributed by atoms with Crippen LogP contribution in [0.5, 0.6) is 0 Å². The van der Waals surface area contributed by atoms with Gasteiger partial charge in [-0.1, -0.05) is 29.8 Å². The second-order valence-corrected chi connectivity index (χ2v) is 7.20. The Labute approximate surface area is 174 Å². The summed E-state index contributed by atoms with van der Waals surface area (Å²) in [7, 11) is 0. The number of nitrogens with one attached hydrogen (secondary N) is 2. The van der Waals surface area contributed by atoms with Crippen molar-refractivity contribution in [2.75, 3.05) is 32.7 Å². The van der Waals surface area contributed by atoms with E-state index in [0.717, 1.165) is 11.1 Å². The van der Waals surface area contributed by atoms with Crippen molar-refractivity contribution in [3.05, 3.63) is 71.0 Å². The summed E-state index contributed by atoms with van der Waals surface area (Å²) in [4.78, 5) is 40.1. The fourth-order valence-electron chi connectivity index (χ4n) is 3.15. The number of hydrogen-bond acceptors (Lipinski definition) is 3. The Morgan fingerprint density at radius 3 is 2.10 bits per heavy atom. The highest BCUT2D eigenvalue weighted by Gasteiger charge is 2.24. The molecule has 1 fully saturated rings. The number of urea groups is 1. The molecule has 0 radical (unpaired) electrons. The molecule has 2 aromatic rings. The van der Waals surface area contributed by atoms with E-state index in [2.05, 4.69) is 10.6 Å². The average molecular weight is 412 g/mol. The summed E-state index contributed by atoms with van der Waals surface area (Å²) in [6, 6.07) is 12.8. The van der Waals surface area contributed by atoms with Gasteiger partial charge in [0.2, 0.25) is 5.91 Å². The first-order valence-electron chi connectivity index (χ1n) is 9.82. The van der Waals surface area contributed by atoms with Gasteiger partial charge in [0.05, 0.1) is 6.54 Å². The van der Waals surface area contributed by atoms with Crippen LogP contribution < -0.4 is 10.6 Å². The molecule has 0 atom stereocenters. The Morgan fingerprint density at radius 1 is 0.867 bits per heavy atom. The van der Waals surface area contributed by atoms with E-state index >= 15 is 0 Å². The van der Waals surface area contributed by atoms with Crippen LogP contribution in [0, 0.1) is 12.7 Å². The maximum Gasteiger partial charge on any atom is 0.315 e. The molecule has 7 nitrogen and oxygen atoms in total. The maximum atomic E-state index is 12.9. The van der Waals surface area contributed by atoms with Crippen molar-refractivity contribution in [3.8, 4) is 0 Å². The molecule has 30 heavy (non-hydrogen) atoms. The summed E-state index contributed by atoms with van der Waals surface area (Å²) in [6.07, 6.45) is 0. The zero-order valence-corrected chi connectivity index (χ0v) is 16.9. The molecule has 4 amide bonds. The molecule has 0 aliphatic carbocycles. The van der Waals surface area contributed by atoms with Gasteiger partial charge in [-0.05, 0) is 36.8 Å². The number of hydrogen-bond donors (Lipinski definition) is 2. The number of benzene rings is 2. The van der Waals surface area contributed by atoms with Crippen molar-refractivity contribution in [2.45, 2.75) is 13.5 Å². The van der Waals surface area contributed by atoms with Crippen molar-refractivity contribution in [2.24, 2.45) is 0 Å². The monoisotopic (exact) mass is 412 g/mol. The summed E-state index contributed by atoms with van der Waals surface area (Å²) in [5.41, 5.74) is 2.49. The lowest BCUT2D eigenvalue weighted by Crippen LogP contribution is -2.53. The van der Waals surface area contributed by atoms with Crippen molar-refractivity contribution in [3.63, 3.8) is 0 Å². The first kappa shape index (κ1) is 21.3. The smallest absolute Gasteiger partial charge is 0.315 e. The van der Waals surface area contributed by atoms with E-state index in [1.54, 1.807) is 21.9 Å². The SMILES string of the molecule is Cc1ccc(C(=O)N2CCN(C(=O)CNC(=O)NCc3ccc(F)cc3)CC2)cc1. The second-order valence-electron chi connectivity index (χ2n) is 7.20. The van der Waals surface area contributed by atoms with E-state index in [0.29, 0.717) is 31.7 Å². The van der Waals surface area contributed by atoms with Crippen LogP contribution in [0.2, 0.25) is 0 Å². The summed E-state index contributed by atoms with van der Waals surface area (Å²) >= 11 is 0. The molecule has 1 aliphatic rings. The van der Waals surface area contributed by atoms with Crippen LogP contribution in [0.15, 0.2) is 48.5 Å². The third-order valence-corrected chi connectivity index (χ3v) is 4.98. The minimum absolute atomic E-state index is 0.0413. The zero-order chi connectivity index (χ0) is 21.5. The van der Waals surface area contributed by atoms with Gasteiger partial charge in [-0.2, -0.15) is 0 Å². The normalized spacial score (nSPS) is 13.7. The molecule has 0 unspecified atom stereocenters. The number of carbonyl (C=O) groups is 3. The summed E-state index contributed by atoms with van der Waals surface area (Å²) < 4.78 is 12.9. The topological polar surface area (TPSA) is 81.8 Å². The highest BCUT2D eigenvalue weighted by Crippen LogP contribution is 2.10. The third-order valence-electron chi connectivity index (χ3n) is 4.98. The molecule has 3 rings (SSSR count). The number of amides is 4. The number of halogens is 1. The Balaban J connectivity index is 1.38. The van der Waals surface area contributed by atoms with Crippen LogP contribution in [0.4, 0.5) is 9.18 Å². The fourth-order valence-corrected chi connectivity index (χ4v) is 3.15. The highest BCUT2D eigenvalue weighted by atomic mass is 19.1. The van der Waals surface area contributed by atoms with Gasteiger partial charge < -0.3 is 20.4 Å². The molecule has 0 spiro atoms. The molecule has 1 saturated heterocycles. The number of carbonyl (C=O) groups excluding carboxylic acids is 3. The van der Waals surface area contributed by atoms with Crippen LogP contribution in [-0.2, 0) is 11.3 Å². The first-order valence-corrected chi connectivity index (χ1v) is 9.82. The Morgan fingerprint density at radius 2 is 1.47 bits per heavy atom. The molecule has 158 valence electrons. The minimum atomic E-state index is -0.471. The van der Waals surface area contributed by atoms with Crippen molar-refractivity contribution >= 4 is 17.8 Å². The molecule has 2 N–H and O–H groups in total. The van der Waals surface area contributed by atoms with Crippen molar-refractivity contribution in [1.82, 2.24) is 20.4 Å². The lowest BCUT2D eigenvalue weighted by Gasteiger charge is -2.34. The summed E-state index contributed by atoms with van der Waals surface area (Å²) in [5, 5.41) is 5.16. The van der Waals surface area contributed by atoms with Gasteiger partial charge in [-0.25, -0.2) is 9.18 Å². The van der Waals surface area contributed by atoms with Gasteiger partial charge in [0.25, 0.3) is 5.91 Å². The van der Waals surface area contributed by atoms with E-state index in [4.69, 9.17) is 0 Å². The number of piperazine rings is 1. The fraction of sp³-hybridized carbons (Fsp3) is 0.318. The van der Waals surface area contributed by atoms with Crippen LogP contribution >= 0.6 is 0 Å². The van der Waals surface area contributed by atoms with Gasteiger partial charge in [-0.3, -0.25) is 9.59 Å². The second kappa shape index (κ2) is 9.87. The number of rotatable bonds is 5. The van der Waals surface area contributed by atoms with E-state index < -0.39 is 6.03 Å². The molecule has 2 aromatic carbocycles. The van der Waals surface area contributed by atoms with E-state index in [1.165, 1.54) is 12.1 Å². The molecule has 1 aliphatic heterocycles. The van der Waals surface area contributed by atoms with Crippen LogP contribution in [0.3, 0.4) is 0 Å². The predicted molar refractivity (Wildman–Crippen MR) is 110 cm³/mol. The van der Waals surface area contributed by atoms with Gasteiger partial charge in [0.1, 0.15) is 5.82 Å². The largest absolute Gasteiger partial charge is 0.338 e. The van der Waals surface area contributed by atoms with Crippen molar-refractivity contribution < 1.29 is 18.8 Å². The number of aryl methyl sites for hydroxylation is 1. The van der Waals surface area contributed by atoms with Gasteiger partial charge in [0, 0.05) is 38.3 Å². The zero-order valence-electron chi connectivity index (χ0n) is 16.9. The average Bonchev–Trinajstić information content (AvgIpc) is 2.77. The molecular formula is C22H25FN4O3. The minimum Gasteiger partial charge on any atom is -0.338 e. The van der Waals surface area contributed by atoms with Gasteiger partial charge in [0.15, 0.2) is 0 Å². The molecule has 1 heterocycles. The van der Waals surface area contributed by atoms with Crippen LogP contribution in [0.1, 0.15) is 21.5 Å². The first-order chi connectivity index (χ1) is 14.4. The molecule has 8 heteroatoms. The van der Waals surface area contributed by atoms with Gasteiger partial charge >= 0.3 is 6.03 Å². The van der Waals surface area contributed by atoms with Crippen LogP contribution in [0.25, 0.3) is 0 Å². The predicted octanol–water partition coefficient (Wildman–Crippen LogP) is 1.92. The Hall–Kier alpha value is -3.42. The highest BCUT2D eigenvalue weighted by molar-refractivity contribution is 5.94. The number of nitrogens with zero attached hydrogens (tertiary/aromatic N) is 2. The molecule has 0 aromatic heterocycles. The van der Waals surface area contributed by atoms with E-state index in [1.807, 2.05) is 31.2 Å². The molecular weight excluding hydrogens is 387 g/mol. The summed E-state index contributed by atoms with van der Waals surface area (Å²) in [6.45, 7) is 3.84. The maximum absolute atomic E-state index is 12.9. The lowest BCUT2D eigenvalue weighted by atomic mass is 10.1.